The van der Waals surface area contributed by atoms with E-state index in [0.29, 0.717) is 25.6 Å². The topological polar surface area (TPSA) is 52.1 Å². The summed E-state index contributed by atoms with van der Waals surface area (Å²) in [6.45, 7) is 4.37. The molecule has 1 aromatic rings. The molecule has 0 aromatic heterocycles. The minimum absolute atomic E-state index is 0.0541. The van der Waals surface area contributed by atoms with Crippen molar-refractivity contribution in [2.75, 3.05) is 58.3 Å². The zero-order valence-electron chi connectivity index (χ0n) is 15.3. The molecule has 0 spiro atoms. The summed E-state index contributed by atoms with van der Waals surface area (Å²) in [5.41, 5.74) is 0.0541. The lowest BCUT2D eigenvalue weighted by Crippen LogP contribution is -2.50. The van der Waals surface area contributed by atoms with Crippen LogP contribution in [0.2, 0.25) is 0 Å². The van der Waals surface area contributed by atoms with Crippen LogP contribution < -0.4 is 15.5 Å². The fourth-order valence-corrected chi connectivity index (χ4v) is 3.46. The Labute approximate surface area is 153 Å². The summed E-state index contributed by atoms with van der Waals surface area (Å²) in [6.07, 6.45) is 0.914. The average Bonchev–Trinajstić information content (AvgIpc) is 3.06. The summed E-state index contributed by atoms with van der Waals surface area (Å²) >= 11 is 0. The third kappa shape index (κ3) is 4.62. The maximum Gasteiger partial charge on any atom is 0.191 e. The maximum absolute atomic E-state index is 14.0. The number of likely N-dealkylation sites (N-methyl/N-ethyl adjacent to an activating group) is 1. The van der Waals surface area contributed by atoms with E-state index in [9.17, 15) is 8.78 Å². The fraction of sp³-hybridized carbons (Fsp3) is 0.611. The summed E-state index contributed by atoms with van der Waals surface area (Å²) in [5, 5.41) is 6.62. The maximum atomic E-state index is 14.0. The number of hydrogen-bond donors (Lipinski definition) is 2. The molecule has 2 aliphatic rings. The monoisotopic (exact) mass is 367 g/mol. The SMILES string of the molecule is CN=C(NCC1CN(C)CCO1)NC1CCN(c2c(F)cccc2F)C1. The van der Waals surface area contributed by atoms with Crippen molar-refractivity contribution in [3.63, 3.8) is 0 Å². The van der Waals surface area contributed by atoms with Crippen molar-refractivity contribution in [2.24, 2.45) is 4.99 Å². The first-order chi connectivity index (χ1) is 12.6. The molecular weight excluding hydrogens is 340 g/mol. The molecule has 2 unspecified atom stereocenters. The largest absolute Gasteiger partial charge is 0.374 e. The lowest BCUT2D eigenvalue weighted by atomic mass is 10.2. The van der Waals surface area contributed by atoms with Gasteiger partial charge in [0.25, 0.3) is 0 Å². The van der Waals surface area contributed by atoms with E-state index in [-0.39, 0.29) is 17.8 Å². The Balaban J connectivity index is 1.50. The molecule has 2 heterocycles. The molecule has 144 valence electrons. The smallest absolute Gasteiger partial charge is 0.191 e. The first-order valence-corrected chi connectivity index (χ1v) is 9.03. The van der Waals surface area contributed by atoms with Gasteiger partial charge in [-0.1, -0.05) is 6.07 Å². The molecule has 2 fully saturated rings. The highest BCUT2D eigenvalue weighted by atomic mass is 19.1. The zero-order valence-corrected chi connectivity index (χ0v) is 15.3. The molecule has 2 aliphatic heterocycles. The van der Waals surface area contributed by atoms with E-state index in [1.807, 2.05) is 0 Å². The number of ether oxygens (including phenoxy) is 1. The number of para-hydroxylation sites is 1. The van der Waals surface area contributed by atoms with Gasteiger partial charge in [-0.3, -0.25) is 4.99 Å². The molecule has 6 nitrogen and oxygen atoms in total. The Hall–Kier alpha value is -1.93. The lowest BCUT2D eigenvalue weighted by Gasteiger charge is -2.30. The Morgan fingerprint density at radius 1 is 1.27 bits per heavy atom. The highest BCUT2D eigenvalue weighted by molar-refractivity contribution is 5.80. The second kappa shape index (κ2) is 8.64. The Morgan fingerprint density at radius 2 is 2.04 bits per heavy atom. The van der Waals surface area contributed by atoms with Crippen molar-refractivity contribution in [1.82, 2.24) is 15.5 Å². The minimum atomic E-state index is -0.522. The number of guanidine groups is 1. The predicted molar refractivity (Wildman–Crippen MR) is 98.7 cm³/mol. The molecule has 2 N–H and O–H groups in total. The van der Waals surface area contributed by atoms with Gasteiger partial charge in [0, 0.05) is 45.8 Å². The van der Waals surface area contributed by atoms with Crippen LogP contribution in [-0.2, 0) is 4.74 Å². The van der Waals surface area contributed by atoms with Gasteiger partial charge in [0.15, 0.2) is 5.96 Å². The molecule has 3 rings (SSSR count). The molecule has 0 radical (unpaired) electrons. The van der Waals surface area contributed by atoms with Gasteiger partial charge in [-0.15, -0.1) is 0 Å². The Bertz CT molecular complexity index is 622. The number of morpholine rings is 1. The van der Waals surface area contributed by atoms with E-state index in [0.717, 1.165) is 26.1 Å². The van der Waals surface area contributed by atoms with Gasteiger partial charge in [-0.25, -0.2) is 8.78 Å². The van der Waals surface area contributed by atoms with Crippen LogP contribution in [0, 0.1) is 11.6 Å². The van der Waals surface area contributed by atoms with Crippen molar-refractivity contribution < 1.29 is 13.5 Å². The van der Waals surface area contributed by atoms with Gasteiger partial charge in [-0.05, 0) is 25.6 Å². The summed E-state index contributed by atoms with van der Waals surface area (Å²) in [5.74, 6) is -0.360. The molecule has 1 aromatic carbocycles. The van der Waals surface area contributed by atoms with Crippen LogP contribution in [0.3, 0.4) is 0 Å². The number of aliphatic imine (C=N–C) groups is 1. The summed E-state index contributed by atoms with van der Waals surface area (Å²) in [7, 11) is 3.80. The van der Waals surface area contributed by atoms with E-state index in [2.05, 4.69) is 27.6 Å². The molecule has 2 atom stereocenters. The van der Waals surface area contributed by atoms with E-state index >= 15 is 0 Å². The molecule has 8 heteroatoms. The van der Waals surface area contributed by atoms with Crippen LogP contribution in [0.4, 0.5) is 14.5 Å². The van der Waals surface area contributed by atoms with Crippen molar-refractivity contribution in [2.45, 2.75) is 18.6 Å². The van der Waals surface area contributed by atoms with E-state index in [4.69, 9.17) is 4.74 Å². The lowest BCUT2D eigenvalue weighted by molar-refractivity contribution is -0.0161. The average molecular weight is 367 g/mol. The van der Waals surface area contributed by atoms with Gasteiger partial charge < -0.3 is 25.2 Å². The highest BCUT2D eigenvalue weighted by Gasteiger charge is 2.27. The Kier molecular flexibility index (Phi) is 6.26. The second-order valence-electron chi connectivity index (χ2n) is 6.85. The third-order valence-corrected chi connectivity index (χ3v) is 4.85. The van der Waals surface area contributed by atoms with Gasteiger partial charge in [0.2, 0.25) is 0 Å². The summed E-state index contributed by atoms with van der Waals surface area (Å²) < 4.78 is 33.7. The van der Waals surface area contributed by atoms with Crippen molar-refractivity contribution in [3.8, 4) is 0 Å². The van der Waals surface area contributed by atoms with Crippen LogP contribution in [0.1, 0.15) is 6.42 Å². The van der Waals surface area contributed by atoms with Crippen molar-refractivity contribution in [1.29, 1.82) is 0 Å². The van der Waals surface area contributed by atoms with Crippen LogP contribution in [0.5, 0.6) is 0 Å². The normalized spacial score (nSPS) is 24.8. The number of anilines is 1. The first kappa shape index (κ1) is 18.8. The van der Waals surface area contributed by atoms with Gasteiger partial charge in [0.05, 0.1) is 12.7 Å². The van der Waals surface area contributed by atoms with E-state index in [1.165, 1.54) is 18.2 Å². The summed E-state index contributed by atoms with van der Waals surface area (Å²) in [4.78, 5) is 8.23. The fourth-order valence-electron chi connectivity index (χ4n) is 3.46. The standard InChI is InChI=1S/C18H27F2N5O/c1-21-18(22-10-14-12-24(2)8-9-26-14)23-13-6-7-25(11-13)17-15(19)4-3-5-16(17)20/h3-5,13-14H,6-12H2,1-2H3,(H2,21,22,23). The molecular formula is C18H27F2N5O. The van der Waals surface area contributed by atoms with Crippen molar-refractivity contribution in [3.05, 3.63) is 29.8 Å². The van der Waals surface area contributed by atoms with E-state index in [1.54, 1.807) is 11.9 Å². The predicted octanol–water partition coefficient (Wildman–Crippen LogP) is 1.04. The molecule has 26 heavy (non-hydrogen) atoms. The first-order valence-electron chi connectivity index (χ1n) is 9.03. The molecule has 0 aliphatic carbocycles. The molecule has 2 saturated heterocycles. The van der Waals surface area contributed by atoms with Gasteiger partial charge in [0.1, 0.15) is 17.3 Å². The number of nitrogens with zero attached hydrogens (tertiary/aromatic N) is 3. The minimum Gasteiger partial charge on any atom is -0.374 e. The molecule has 0 amide bonds. The van der Waals surface area contributed by atoms with Gasteiger partial charge in [-0.2, -0.15) is 0 Å². The number of nitrogens with one attached hydrogen (secondary N) is 2. The van der Waals surface area contributed by atoms with Crippen LogP contribution >= 0.6 is 0 Å². The van der Waals surface area contributed by atoms with Crippen molar-refractivity contribution >= 4 is 11.6 Å². The number of rotatable bonds is 4. The molecule has 0 saturated carbocycles. The van der Waals surface area contributed by atoms with Crippen LogP contribution in [0.15, 0.2) is 23.2 Å². The quantitative estimate of drug-likeness (QED) is 0.615. The zero-order chi connectivity index (χ0) is 18.5. The molecule has 0 bridgehead atoms. The number of hydrogen-bond acceptors (Lipinski definition) is 4. The van der Waals surface area contributed by atoms with Crippen LogP contribution in [-0.4, -0.2) is 76.4 Å². The van der Waals surface area contributed by atoms with Gasteiger partial charge >= 0.3 is 0 Å². The Morgan fingerprint density at radius 3 is 2.73 bits per heavy atom. The van der Waals surface area contributed by atoms with E-state index < -0.39 is 11.6 Å². The second-order valence-corrected chi connectivity index (χ2v) is 6.85. The number of halogens is 2. The highest BCUT2D eigenvalue weighted by Crippen LogP contribution is 2.26. The number of benzene rings is 1. The summed E-state index contributed by atoms with van der Waals surface area (Å²) in [6, 6.07) is 4.05. The van der Waals surface area contributed by atoms with Crippen LogP contribution in [0.25, 0.3) is 0 Å². The third-order valence-electron chi connectivity index (χ3n) is 4.85.